The summed E-state index contributed by atoms with van der Waals surface area (Å²) in [7, 11) is -3.23. The van der Waals surface area contributed by atoms with Gasteiger partial charge in [-0.15, -0.1) is 0 Å². The highest BCUT2D eigenvalue weighted by Crippen LogP contribution is 2.20. The van der Waals surface area contributed by atoms with Gasteiger partial charge in [0.2, 0.25) is 0 Å². The maximum Gasteiger partial charge on any atom is 0.282 e. The molecule has 2 heterocycles. The van der Waals surface area contributed by atoms with Crippen molar-refractivity contribution >= 4 is 10.2 Å². The van der Waals surface area contributed by atoms with Gasteiger partial charge >= 0.3 is 0 Å². The average Bonchev–Trinajstić information content (AvgIpc) is 2.30. The van der Waals surface area contributed by atoms with Crippen LogP contribution in [0.4, 0.5) is 0 Å². The molecule has 1 atom stereocenters. The number of aliphatic hydroxyl groups excluding tert-OH is 1. The molecule has 76 valence electrons. The average molecular weight is 206 g/mol. The van der Waals surface area contributed by atoms with E-state index in [1.807, 2.05) is 0 Å². The van der Waals surface area contributed by atoms with E-state index in [-0.39, 0.29) is 6.54 Å². The fraction of sp³-hybridized carbons (Fsp3) is 1.00. The van der Waals surface area contributed by atoms with E-state index in [0.717, 1.165) is 6.42 Å². The molecule has 0 bridgehead atoms. The lowest BCUT2D eigenvalue weighted by atomic mass is 10.3. The Hall–Kier alpha value is -0.170. The molecule has 0 amide bonds. The molecule has 2 rings (SSSR count). The fourth-order valence-electron chi connectivity index (χ4n) is 1.60. The van der Waals surface area contributed by atoms with Crippen LogP contribution in [-0.2, 0) is 10.2 Å². The highest BCUT2D eigenvalue weighted by Gasteiger charge is 2.37. The van der Waals surface area contributed by atoms with Crippen LogP contribution in [0.2, 0.25) is 0 Å². The maximum absolute atomic E-state index is 11.7. The second kappa shape index (κ2) is 3.20. The predicted molar refractivity (Wildman–Crippen MR) is 47.3 cm³/mol. The molecule has 2 saturated heterocycles. The number of nitrogens with zero attached hydrogens (tertiary/aromatic N) is 2. The minimum Gasteiger partial charge on any atom is -0.392 e. The fourth-order valence-corrected chi connectivity index (χ4v) is 3.34. The Labute approximate surface area is 78.1 Å². The maximum atomic E-state index is 11.7. The Bertz CT molecular complexity index is 286. The highest BCUT2D eigenvalue weighted by atomic mass is 32.2. The van der Waals surface area contributed by atoms with Crippen molar-refractivity contribution in [3.8, 4) is 0 Å². The first kappa shape index (κ1) is 9.39. The topological polar surface area (TPSA) is 60.9 Å². The third-order valence-electron chi connectivity index (χ3n) is 2.59. The summed E-state index contributed by atoms with van der Waals surface area (Å²) in [5, 5.41) is 9.21. The lowest BCUT2D eigenvalue weighted by Crippen LogP contribution is -2.49. The minimum absolute atomic E-state index is 0.263. The van der Waals surface area contributed by atoms with E-state index < -0.39 is 16.3 Å². The molecule has 0 aromatic heterocycles. The molecule has 6 heteroatoms. The summed E-state index contributed by atoms with van der Waals surface area (Å²) in [4.78, 5) is 0. The lowest BCUT2D eigenvalue weighted by Gasteiger charge is -2.33. The molecule has 1 N–H and O–H groups in total. The van der Waals surface area contributed by atoms with Crippen molar-refractivity contribution in [2.24, 2.45) is 0 Å². The van der Waals surface area contributed by atoms with Gasteiger partial charge in [-0.3, -0.25) is 0 Å². The van der Waals surface area contributed by atoms with Crippen LogP contribution in [0.25, 0.3) is 0 Å². The van der Waals surface area contributed by atoms with Crippen LogP contribution in [0.1, 0.15) is 12.8 Å². The van der Waals surface area contributed by atoms with Crippen LogP contribution in [0.15, 0.2) is 0 Å². The molecule has 0 saturated carbocycles. The molecule has 13 heavy (non-hydrogen) atoms. The minimum atomic E-state index is -3.23. The number of aliphatic hydroxyl groups is 1. The number of hydrogen-bond acceptors (Lipinski definition) is 3. The number of rotatable bonds is 2. The lowest BCUT2D eigenvalue weighted by molar-refractivity contribution is 0.186. The van der Waals surface area contributed by atoms with Crippen LogP contribution in [0.5, 0.6) is 0 Å². The number of hydrogen-bond donors (Lipinski definition) is 1. The Morgan fingerprint density at radius 1 is 1.15 bits per heavy atom. The van der Waals surface area contributed by atoms with Crippen LogP contribution in [-0.4, -0.2) is 54.4 Å². The van der Waals surface area contributed by atoms with Gasteiger partial charge in [0.05, 0.1) is 6.10 Å². The van der Waals surface area contributed by atoms with Crippen molar-refractivity contribution in [1.29, 1.82) is 0 Å². The van der Waals surface area contributed by atoms with Crippen LogP contribution >= 0.6 is 0 Å². The molecule has 0 radical (unpaired) electrons. The van der Waals surface area contributed by atoms with Gasteiger partial charge in [-0.1, -0.05) is 0 Å². The quantitative estimate of drug-likeness (QED) is 0.630. The highest BCUT2D eigenvalue weighted by molar-refractivity contribution is 7.86. The molecule has 2 aliphatic heterocycles. The van der Waals surface area contributed by atoms with Gasteiger partial charge in [0.1, 0.15) is 0 Å². The molecule has 0 aromatic carbocycles. The predicted octanol–water partition coefficient (Wildman–Crippen LogP) is -0.996. The molecule has 5 nitrogen and oxygen atoms in total. The largest absolute Gasteiger partial charge is 0.392 e. The summed E-state index contributed by atoms with van der Waals surface area (Å²) in [5.41, 5.74) is 0. The Balaban J connectivity index is 2.06. The second-order valence-corrected chi connectivity index (χ2v) is 5.49. The van der Waals surface area contributed by atoms with Gasteiger partial charge in [0.25, 0.3) is 10.2 Å². The molecule has 0 unspecified atom stereocenters. The molecular formula is C7H14N2O3S. The van der Waals surface area contributed by atoms with E-state index in [1.54, 1.807) is 0 Å². The van der Waals surface area contributed by atoms with Crippen LogP contribution < -0.4 is 0 Å². The Morgan fingerprint density at radius 3 is 2.23 bits per heavy atom. The summed E-state index contributed by atoms with van der Waals surface area (Å²) >= 11 is 0. The summed E-state index contributed by atoms with van der Waals surface area (Å²) < 4.78 is 26.2. The molecular weight excluding hydrogens is 192 g/mol. The third kappa shape index (κ3) is 1.59. The van der Waals surface area contributed by atoms with E-state index in [4.69, 9.17) is 0 Å². The van der Waals surface area contributed by atoms with Crippen molar-refractivity contribution in [2.45, 2.75) is 18.9 Å². The van der Waals surface area contributed by atoms with Gasteiger partial charge in [-0.2, -0.15) is 17.0 Å². The second-order valence-electron chi connectivity index (χ2n) is 3.56. The first-order valence-corrected chi connectivity index (χ1v) is 5.94. The van der Waals surface area contributed by atoms with Crippen LogP contribution in [0.3, 0.4) is 0 Å². The zero-order valence-corrected chi connectivity index (χ0v) is 8.20. The van der Waals surface area contributed by atoms with Gasteiger partial charge < -0.3 is 5.11 Å². The SMILES string of the molecule is O=S(=O)(N1CCC1)N1CC[C@@H](O)C1. The molecule has 0 spiro atoms. The first-order chi connectivity index (χ1) is 6.10. The summed E-state index contributed by atoms with van der Waals surface area (Å²) in [6.45, 7) is 1.99. The van der Waals surface area contributed by atoms with E-state index in [1.165, 1.54) is 8.61 Å². The Morgan fingerprint density at radius 2 is 1.85 bits per heavy atom. The normalized spacial score (nSPS) is 31.9. The van der Waals surface area contributed by atoms with Gasteiger partial charge in [-0.25, -0.2) is 0 Å². The van der Waals surface area contributed by atoms with Crippen molar-refractivity contribution < 1.29 is 13.5 Å². The van der Waals surface area contributed by atoms with Crippen molar-refractivity contribution in [2.75, 3.05) is 26.2 Å². The standard InChI is InChI=1S/C7H14N2O3S/c10-7-2-5-9(6-7)13(11,12)8-3-1-4-8/h7,10H,1-6H2/t7-/m1/s1. The first-order valence-electron chi connectivity index (χ1n) is 4.54. The van der Waals surface area contributed by atoms with Crippen LogP contribution in [0, 0.1) is 0 Å². The third-order valence-corrected chi connectivity index (χ3v) is 4.60. The summed E-state index contributed by atoms with van der Waals surface area (Å²) in [6.07, 6.45) is 1.04. The van der Waals surface area contributed by atoms with E-state index >= 15 is 0 Å². The molecule has 0 aliphatic carbocycles. The van der Waals surface area contributed by atoms with Crippen molar-refractivity contribution in [3.05, 3.63) is 0 Å². The van der Waals surface area contributed by atoms with E-state index in [9.17, 15) is 13.5 Å². The summed E-state index contributed by atoms with van der Waals surface area (Å²) in [6, 6.07) is 0. The Kier molecular flexibility index (Phi) is 2.31. The van der Waals surface area contributed by atoms with Gasteiger partial charge in [0, 0.05) is 26.2 Å². The van der Waals surface area contributed by atoms with Gasteiger partial charge in [-0.05, 0) is 12.8 Å². The monoisotopic (exact) mass is 206 g/mol. The molecule has 0 aromatic rings. The summed E-state index contributed by atoms with van der Waals surface area (Å²) in [5.74, 6) is 0. The van der Waals surface area contributed by atoms with Crippen molar-refractivity contribution in [3.63, 3.8) is 0 Å². The van der Waals surface area contributed by atoms with Crippen molar-refractivity contribution in [1.82, 2.24) is 8.61 Å². The van der Waals surface area contributed by atoms with E-state index in [0.29, 0.717) is 26.1 Å². The molecule has 2 fully saturated rings. The smallest absolute Gasteiger partial charge is 0.282 e. The zero-order chi connectivity index (χ0) is 9.47. The zero-order valence-electron chi connectivity index (χ0n) is 7.39. The number of β-amino-alcohol motifs (C(OH)–C–C–N with tert-alkyl or cyclic N) is 1. The van der Waals surface area contributed by atoms with E-state index in [2.05, 4.69) is 0 Å². The van der Waals surface area contributed by atoms with Gasteiger partial charge in [0.15, 0.2) is 0 Å². The molecule has 2 aliphatic rings.